The van der Waals surface area contributed by atoms with E-state index in [1.165, 1.54) is 61.1 Å². The van der Waals surface area contributed by atoms with Crippen LogP contribution in [0.15, 0.2) is 154 Å². The summed E-state index contributed by atoms with van der Waals surface area (Å²) in [6.07, 6.45) is 18.0. The van der Waals surface area contributed by atoms with Crippen LogP contribution in [0.5, 0.6) is 0 Å². The van der Waals surface area contributed by atoms with E-state index in [9.17, 15) is 0 Å². The molecule has 53 heavy (non-hydrogen) atoms. The van der Waals surface area contributed by atoms with Crippen LogP contribution in [-0.4, -0.2) is 10.9 Å². The van der Waals surface area contributed by atoms with Crippen molar-refractivity contribution in [3.05, 3.63) is 178 Å². The van der Waals surface area contributed by atoms with Crippen molar-refractivity contribution in [2.75, 3.05) is 0 Å². The number of hydrogen-bond donors (Lipinski definition) is 0. The van der Waals surface area contributed by atoms with Crippen LogP contribution < -0.4 is 0 Å². The van der Waals surface area contributed by atoms with Gasteiger partial charge in [0.1, 0.15) is 11.2 Å². The molecule has 1 fully saturated rings. The van der Waals surface area contributed by atoms with Gasteiger partial charge in [0.25, 0.3) is 0 Å². The van der Waals surface area contributed by atoms with Gasteiger partial charge in [-0.3, -0.25) is 0 Å². The van der Waals surface area contributed by atoms with Crippen LogP contribution in [0, 0.1) is 5.92 Å². The lowest BCUT2D eigenvalue weighted by molar-refractivity contribution is 0.353. The second-order valence-electron chi connectivity index (χ2n) is 16.8. The minimum Gasteiger partial charge on any atom is -0.456 e. The van der Waals surface area contributed by atoms with Crippen LogP contribution in [0.1, 0.15) is 88.6 Å². The Kier molecular flexibility index (Phi) is 7.85. The number of nitrogens with zero attached hydrogens (tertiary/aromatic N) is 1. The van der Waals surface area contributed by atoms with Gasteiger partial charge in [0.2, 0.25) is 0 Å². The lowest BCUT2D eigenvalue weighted by atomic mass is 9.76. The summed E-state index contributed by atoms with van der Waals surface area (Å²) in [6, 6.07) is 33.3. The smallest absolute Gasteiger partial charge is 0.139 e. The average molecular weight is 806 g/mol. The number of benzene rings is 4. The Labute approximate surface area is 331 Å². The highest BCUT2D eigenvalue weighted by Crippen LogP contribution is 2.72. The van der Waals surface area contributed by atoms with Gasteiger partial charge in [-0.15, -0.1) is 24.0 Å². The first-order chi connectivity index (χ1) is 25.1. The molecule has 2 nitrogen and oxygen atoms in total. The van der Waals surface area contributed by atoms with E-state index in [0.717, 1.165) is 30.4 Å². The molecule has 1 heterocycles. The van der Waals surface area contributed by atoms with E-state index in [1.807, 2.05) is 0 Å². The molecule has 10 rings (SSSR count). The molecule has 5 aromatic rings. The first-order valence-corrected chi connectivity index (χ1v) is 19.3. The molecule has 3 atom stereocenters. The summed E-state index contributed by atoms with van der Waals surface area (Å²) in [5, 5.41) is 2.46. The Balaban J connectivity index is 0.00000372. The van der Waals surface area contributed by atoms with Crippen LogP contribution >= 0.6 is 24.0 Å². The maximum Gasteiger partial charge on any atom is 0.139 e. The number of hydrogen-bond acceptors (Lipinski definition) is 2. The zero-order chi connectivity index (χ0) is 35.6. The average Bonchev–Trinajstić information content (AvgIpc) is 3.63. The molecular formula is C50H48INO. The molecule has 0 bridgehead atoms. The highest BCUT2D eigenvalue weighted by molar-refractivity contribution is 14.0. The predicted molar refractivity (Wildman–Crippen MR) is 232 cm³/mol. The molecule has 0 N–H and O–H groups in total. The number of allylic oxidation sites excluding steroid dienone is 9. The summed E-state index contributed by atoms with van der Waals surface area (Å²) in [6.45, 7) is 14.3. The molecule has 0 aliphatic heterocycles. The van der Waals surface area contributed by atoms with Crippen LogP contribution in [0.25, 0.3) is 33.1 Å². The Morgan fingerprint density at radius 1 is 0.830 bits per heavy atom. The topological polar surface area (TPSA) is 16.4 Å². The van der Waals surface area contributed by atoms with E-state index in [2.05, 4.69) is 174 Å². The molecule has 1 saturated carbocycles. The van der Waals surface area contributed by atoms with Crippen LogP contribution in [-0.2, 0) is 16.2 Å². The zero-order valence-electron chi connectivity index (χ0n) is 31.7. The maximum atomic E-state index is 6.74. The molecule has 5 aliphatic rings. The van der Waals surface area contributed by atoms with Crippen LogP contribution in [0.2, 0.25) is 0 Å². The lowest BCUT2D eigenvalue weighted by Gasteiger charge is -2.39. The Hall–Kier alpha value is -4.35. The van der Waals surface area contributed by atoms with Gasteiger partial charge in [-0.2, -0.15) is 0 Å². The van der Waals surface area contributed by atoms with Crippen molar-refractivity contribution in [1.82, 2.24) is 4.90 Å². The van der Waals surface area contributed by atoms with Gasteiger partial charge in [0, 0.05) is 44.0 Å². The van der Waals surface area contributed by atoms with E-state index >= 15 is 0 Å². The third kappa shape index (κ3) is 4.81. The molecule has 4 aromatic carbocycles. The first kappa shape index (κ1) is 34.4. The Morgan fingerprint density at radius 2 is 1.58 bits per heavy atom. The van der Waals surface area contributed by atoms with Gasteiger partial charge in [-0.25, -0.2) is 0 Å². The third-order valence-corrected chi connectivity index (χ3v) is 13.4. The van der Waals surface area contributed by atoms with Crippen molar-refractivity contribution in [3.63, 3.8) is 0 Å². The van der Waals surface area contributed by atoms with E-state index in [4.69, 9.17) is 4.42 Å². The second kappa shape index (κ2) is 12.1. The van der Waals surface area contributed by atoms with Crippen molar-refractivity contribution in [3.8, 4) is 0 Å². The fraction of sp³-hybridized carbons (Fsp3) is 0.280. The fourth-order valence-electron chi connectivity index (χ4n) is 10.7. The number of para-hydroxylation sites is 1. The van der Waals surface area contributed by atoms with Crippen molar-refractivity contribution in [2.45, 2.75) is 83.1 Å². The molecule has 3 unspecified atom stereocenters. The fourth-order valence-corrected chi connectivity index (χ4v) is 10.7. The first-order valence-electron chi connectivity index (χ1n) is 19.3. The van der Waals surface area contributed by atoms with Crippen molar-refractivity contribution in [1.29, 1.82) is 0 Å². The van der Waals surface area contributed by atoms with Gasteiger partial charge in [-0.05, 0) is 94.9 Å². The van der Waals surface area contributed by atoms with Crippen LogP contribution in [0.3, 0.4) is 0 Å². The van der Waals surface area contributed by atoms with Crippen LogP contribution in [0.4, 0.5) is 0 Å². The summed E-state index contributed by atoms with van der Waals surface area (Å²) >= 11 is 0. The standard InChI is InChI=1S/C50H47NO.HI/c1-7-32(33-15-9-8-10-16-33)22-21-31(2)51(35-23-24-38-37-17-11-13-19-41(37)48(3,4)43(38)28-35)36-27-34-30-50(34)45(29-36)49(5,6)42-26-25-40-39-18-12-14-20-44(39)52-47(40)46(42)50;/h8-27,29,34-35H,7,28,30H2,1-6H3;1H/b31-21+,32-22+;. The van der Waals surface area contributed by atoms with Gasteiger partial charge >= 0.3 is 0 Å². The quantitative estimate of drug-likeness (QED) is 0.126. The summed E-state index contributed by atoms with van der Waals surface area (Å²) in [5.41, 5.74) is 17.5. The molecule has 0 radical (unpaired) electrons. The predicted octanol–water partition coefficient (Wildman–Crippen LogP) is 13.3. The SMILES string of the molecule is CC/C(=C\C=C(/C)N(C1=CC2CC23C(=C1)C(C)(C)c1ccc2c(oc4ccccc42)c13)C1C=CC2=C(C1)C(C)(C)c1ccccc12)c1ccccc1.I. The summed E-state index contributed by atoms with van der Waals surface area (Å²) in [4.78, 5) is 2.67. The molecular weight excluding hydrogens is 757 g/mol. The highest BCUT2D eigenvalue weighted by Gasteiger charge is 2.67. The van der Waals surface area contributed by atoms with E-state index in [0.29, 0.717) is 5.92 Å². The number of halogens is 1. The molecule has 5 aliphatic carbocycles. The second-order valence-corrected chi connectivity index (χ2v) is 16.8. The summed E-state index contributed by atoms with van der Waals surface area (Å²) < 4.78 is 6.74. The molecule has 0 amide bonds. The monoisotopic (exact) mass is 805 g/mol. The van der Waals surface area contributed by atoms with Gasteiger partial charge in [0.15, 0.2) is 0 Å². The van der Waals surface area contributed by atoms with Crippen molar-refractivity contribution in [2.24, 2.45) is 5.92 Å². The number of furan rings is 1. The normalized spacial score (nSPS) is 24.5. The highest BCUT2D eigenvalue weighted by atomic mass is 127. The molecule has 266 valence electrons. The van der Waals surface area contributed by atoms with Gasteiger partial charge in [0.05, 0.1) is 6.04 Å². The van der Waals surface area contributed by atoms with Gasteiger partial charge < -0.3 is 9.32 Å². The third-order valence-electron chi connectivity index (χ3n) is 13.4. The molecule has 1 aromatic heterocycles. The van der Waals surface area contributed by atoms with E-state index in [1.54, 1.807) is 11.1 Å². The Morgan fingerprint density at radius 3 is 2.40 bits per heavy atom. The maximum absolute atomic E-state index is 6.74. The zero-order valence-corrected chi connectivity index (χ0v) is 34.0. The van der Waals surface area contributed by atoms with Gasteiger partial charge in [-0.1, -0.05) is 144 Å². The minimum atomic E-state index is -0.101. The molecule has 3 heteroatoms. The lowest BCUT2D eigenvalue weighted by Crippen LogP contribution is -2.36. The van der Waals surface area contributed by atoms with E-state index < -0.39 is 0 Å². The number of fused-ring (bicyclic) bond motifs is 7. The van der Waals surface area contributed by atoms with Crippen molar-refractivity contribution < 1.29 is 4.42 Å². The summed E-state index contributed by atoms with van der Waals surface area (Å²) in [7, 11) is 0. The molecule has 1 spiro atoms. The summed E-state index contributed by atoms with van der Waals surface area (Å²) in [5.74, 6) is 0.442. The Bertz CT molecular complexity index is 2530. The number of rotatable bonds is 6. The minimum absolute atomic E-state index is 0. The van der Waals surface area contributed by atoms with E-state index in [-0.39, 0.29) is 46.3 Å². The molecule has 0 saturated heterocycles. The van der Waals surface area contributed by atoms with Crippen molar-refractivity contribution >= 4 is 57.1 Å². The largest absolute Gasteiger partial charge is 0.456 e.